The lowest BCUT2D eigenvalue weighted by atomic mass is 10.2. The van der Waals surface area contributed by atoms with Crippen molar-refractivity contribution in [2.75, 3.05) is 0 Å². The van der Waals surface area contributed by atoms with Crippen molar-refractivity contribution >= 4 is 11.6 Å². The number of para-hydroxylation sites is 1. The molecule has 0 unspecified atom stereocenters. The van der Waals surface area contributed by atoms with Crippen LogP contribution in [-0.4, -0.2) is 0 Å². The van der Waals surface area contributed by atoms with Crippen molar-refractivity contribution in [3.8, 4) is 17.2 Å². The lowest BCUT2D eigenvalue weighted by Crippen LogP contribution is -1.94. The molecular formula is C19H15ClO2. The van der Waals surface area contributed by atoms with Crippen molar-refractivity contribution in [1.29, 1.82) is 0 Å². The number of rotatable bonds is 5. The first-order valence-electron chi connectivity index (χ1n) is 7.00. The van der Waals surface area contributed by atoms with Gasteiger partial charge in [0.25, 0.3) is 0 Å². The molecular weight excluding hydrogens is 296 g/mol. The summed E-state index contributed by atoms with van der Waals surface area (Å²) in [6.07, 6.45) is 0. The summed E-state index contributed by atoms with van der Waals surface area (Å²) in [6, 6.07) is 25.0. The fourth-order valence-corrected chi connectivity index (χ4v) is 2.17. The van der Waals surface area contributed by atoms with Gasteiger partial charge in [-0.15, -0.1) is 0 Å². The molecule has 22 heavy (non-hydrogen) atoms. The van der Waals surface area contributed by atoms with Crippen molar-refractivity contribution in [2.45, 2.75) is 6.61 Å². The van der Waals surface area contributed by atoms with Crippen LogP contribution in [-0.2, 0) is 6.61 Å². The van der Waals surface area contributed by atoms with Crippen LogP contribution < -0.4 is 9.47 Å². The lowest BCUT2D eigenvalue weighted by Gasteiger charge is -2.09. The van der Waals surface area contributed by atoms with Gasteiger partial charge in [-0.25, -0.2) is 0 Å². The van der Waals surface area contributed by atoms with E-state index in [-0.39, 0.29) is 0 Å². The van der Waals surface area contributed by atoms with Crippen LogP contribution in [0.4, 0.5) is 0 Å². The maximum absolute atomic E-state index is 6.07. The first-order chi connectivity index (χ1) is 10.8. The SMILES string of the molecule is Clc1ccccc1Oc1ccc(OCc2ccccc2)cc1. The van der Waals surface area contributed by atoms with Crippen LogP contribution in [0.5, 0.6) is 17.2 Å². The number of benzene rings is 3. The van der Waals surface area contributed by atoms with Gasteiger partial charge in [-0.2, -0.15) is 0 Å². The first kappa shape index (κ1) is 14.5. The van der Waals surface area contributed by atoms with Gasteiger partial charge in [0.1, 0.15) is 23.9 Å². The third kappa shape index (κ3) is 3.80. The zero-order valence-corrected chi connectivity index (χ0v) is 12.7. The molecule has 0 aromatic heterocycles. The van der Waals surface area contributed by atoms with E-state index in [0.29, 0.717) is 17.4 Å². The van der Waals surface area contributed by atoms with Crippen molar-refractivity contribution in [2.24, 2.45) is 0 Å². The highest BCUT2D eigenvalue weighted by Crippen LogP contribution is 2.29. The minimum atomic E-state index is 0.547. The Labute approximate surface area is 134 Å². The van der Waals surface area contributed by atoms with Crippen molar-refractivity contribution < 1.29 is 9.47 Å². The van der Waals surface area contributed by atoms with Gasteiger partial charge in [-0.05, 0) is 42.0 Å². The molecule has 0 aliphatic rings. The smallest absolute Gasteiger partial charge is 0.146 e. The Balaban J connectivity index is 1.62. The van der Waals surface area contributed by atoms with Crippen LogP contribution in [0, 0.1) is 0 Å². The molecule has 0 atom stereocenters. The minimum Gasteiger partial charge on any atom is -0.489 e. The van der Waals surface area contributed by atoms with Crippen LogP contribution in [0.25, 0.3) is 0 Å². The summed E-state index contributed by atoms with van der Waals surface area (Å²) in [6.45, 7) is 0.547. The molecule has 0 amide bonds. The number of hydrogen-bond acceptors (Lipinski definition) is 2. The second-order valence-electron chi connectivity index (χ2n) is 4.78. The normalized spacial score (nSPS) is 10.2. The topological polar surface area (TPSA) is 18.5 Å². The average molecular weight is 311 g/mol. The molecule has 110 valence electrons. The summed E-state index contributed by atoms with van der Waals surface area (Å²) < 4.78 is 11.5. The van der Waals surface area contributed by atoms with Gasteiger partial charge in [-0.3, -0.25) is 0 Å². The van der Waals surface area contributed by atoms with E-state index in [1.807, 2.05) is 72.8 Å². The van der Waals surface area contributed by atoms with Crippen molar-refractivity contribution in [3.63, 3.8) is 0 Å². The predicted octanol–water partition coefficient (Wildman–Crippen LogP) is 5.71. The molecule has 0 N–H and O–H groups in total. The van der Waals surface area contributed by atoms with E-state index in [0.717, 1.165) is 17.1 Å². The fraction of sp³-hybridized carbons (Fsp3) is 0.0526. The Kier molecular flexibility index (Phi) is 4.62. The standard InChI is InChI=1S/C19H15ClO2/c20-18-8-4-5-9-19(18)22-17-12-10-16(11-13-17)21-14-15-6-2-1-3-7-15/h1-13H,14H2. The van der Waals surface area contributed by atoms with E-state index in [2.05, 4.69) is 0 Å². The van der Waals surface area contributed by atoms with Crippen LogP contribution in [0.1, 0.15) is 5.56 Å². The molecule has 0 saturated heterocycles. The molecule has 3 aromatic carbocycles. The van der Waals surface area contributed by atoms with Crippen LogP contribution in [0.15, 0.2) is 78.9 Å². The van der Waals surface area contributed by atoms with Gasteiger partial charge >= 0.3 is 0 Å². The monoisotopic (exact) mass is 310 g/mol. The Morgan fingerprint density at radius 1 is 0.682 bits per heavy atom. The van der Waals surface area contributed by atoms with Gasteiger partial charge in [0.15, 0.2) is 0 Å². The molecule has 0 aliphatic carbocycles. The zero-order chi connectivity index (χ0) is 15.2. The van der Waals surface area contributed by atoms with Gasteiger partial charge in [0.05, 0.1) is 5.02 Å². The fourth-order valence-electron chi connectivity index (χ4n) is 2.00. The quantitative estimate of drug-likeness (QED) is 0.601. The second kappa shape index (κ2) is 7.01. The maximum Gasteiger partial charge on any atom is 0.146 e. The third-order valence-electron chi connectivity index (χ3n) is 3.14. The second-order valence-corrected chi connectivity index (χ2v) is 5.19. The Morgan fingerprint density at radius 3 is 2.05 bits per heavy atom. The summed E-state index contributed by atoms with van der Waals surface area (Å²) in [5.41, 5.74) is 1.14. The molecule has 0 radical (unpaired) electrons. The summed E-state index contributed by atoms with van der Waals surface area (Å²) >= 11 is 6.07. The summed E-state index contributed by atoms with van der Waals surface area (Å²) in [7, 11) is 0. The molecule has 2 nitrogen and oxygen atoms in total. The molecule has 0 aliphatic heterocycles. The Hall–Kier alpha value is -2.45. The molecule has 3 rings (SSSR count). The van der Waals surface area contributed by atoms with E-state index in [1.54, 1.807) is 6.07 Å². The van der Waals surface area contributed by atoms with E-state index in [4.69, 9.17) is 21.1 Å². The Morgan fingerprint density at radius 2 is 1.32 bits per heavy atom. The molecule has 0 saturated carbocycles. The summed E-state index contributed by atoms with van der Waals surface area (Å²) in [5, 5.41) is 0.590. The molecule has 0 bridgehead atoms. The third-order valence-corrected chi connectivity index (χ3v) is 3.45. The van der Waals surface area contributed by atoms with Crippen molar-refractivity contribution in [1.82, 2.24) is 0 Å². The lowest BCUT2D eigenvalue weighted by molar-refractivity contribution is 0.306. The molecule has 3 heteroatoms. The number of halogens is 1. The number of hydrogen-bond donors (Lipinski definition) is 0. The maximum atomic E-state index is 6.07. The van der Waals surface area contributed by atoms with Gasteiger partial charge < -0.3 is 9.47 Å². The van der Waals surface area contributed by atoms with E-state index < -0.39 is 0 Å². The van der Waals surface area contributed by atoms with E-state index >= 15 is 0 Å². The molecule has 3 aromatic rings. The highest BCUT2D eigenvalue weighted by atomic mass is 35.5. The van der Waals surface area contributed by atoms with Crippen LogP contribution >= 0.6 is 11.6 Å². The van der Waals surface area contributed by atoms with Crippen molar-refractivity contribution in [3.05, 3.63) is 89.4 Å². The molecule has 0 heterocycles. The molecule has 0 fully saturated rings. The summed E-state index contributed by atoms with van der Waals surface area (Å²) in [5.74, 6) is 2.16. The first-order valence-corrected chi connectivity index (χ1v) is 7.38. The largest absolute Gasteiger partial charge is 0.489 e. The van der Waals surface area contributed by atoms with Gasteiger partial charge in [-0.1, -0.05) is 54.1 Å². The highest BCUT2D eigenvalue weighted by Gasteiger charge is 2.02. The molecule has 0 spiro atoms. The highest BCUT2D eigenvalue weighted by molar-refractivity contribution is 6.32. The predicted molar refractivity (Wildman–Crippen MR) is 88.7 cm³/mol. The van der Waals surface area contributed by atoms with Crippen LogP contribution in [0.2, 0.25) is 5.02 Å². The summed E-state index contributed by atoms with van der Waals surface area (Å²) in [4.78, 5) is 0. The van der Waals surface area contributed by atoms with Gasteiger partial charge in [0.2, 0.25) is 0 Å². The van der Waals surface area contributed by atoms with E-state index in [1.165, 1.54) is 0 Å². The minimum absolute atomic E-state index is 0.547. The van der Waals surface area contributed by atoms with Crippen LogP contribution in [0.3, 0.4) is 0 Å². The Bertz CT molecular complexity index is 724. The average Bonchev–Trinajstić information content (AvgIpc) is 2.57. The van der Waals surface area contributed by atoms with E-state index in [9.17, 15) is 0 Å². The number of ether oxygens (including phenoxy) is 2. The zero-order valence-electron chi connectivity index (χ0n) is 11.9. The van der Waals surface area contributed by atoms with Gasteiger partial charge in [0, 0.05) is 0 Å².